The maximum Gasteiger partial charge on any atom is 0.432 e. The van der Waals surface area contributed by atoms with Gasteiger partial charge in [0.15, 0.2) is 0 Å². The van der Waals surface area contributed by atoms with Gasteiger partial charge in [-0.05, 0) is 83.1 Å². The number of ether oxygens (including phenoxy) is 1. The molecule has 0 aliphatic carbocycles. The fourth-order valence-corrected chi connectivity index (χ4v) is 5.27. The molecule has 5 aromatic carbocycles. The lowest BCUT2D eigenvalue weighted by Gasteiger charge is -2.20. The molecule has 47 heavy (non-hydrogen) atoms. The van der Waals surface area contributed by atoms with Crippen LogP contribution in [0.3, 0.4) is 0 Å². The average Bonchev–Trinajstić information content (AvgIpc) is 3.02. The van der Waals surface area contributed by atoms with Gasteiger partial charge in [-0.15, -0.1) is 0 Å². The molecule has 0 N–H and O–H groups in total. The van der Waals surface area contributed by atoms with Crippen LogP contribution in [0.15, 0.2) is 97.3 Å². The molecule has 0 aromatic heterocycles. The molecule has 0 amide bonds. The van der Waals surface area contributed by atoms with Crippen molar-refractivity contribution in [2.45, 2.75) is 38.7 Å². The van der Waals surface area contributed by atoms with E-state index in [1.54, 1.807) is 6.07 Å². The van der Waals surface area contributed by atoms with Gasteiger partial charge in [0, 0.05) is 22.8 Å². The van der Waals surface area contributed by atoms with Crippen molar-refractivity contribution in [3.05, 3.63) is 143 Å². The van der Waals surface area contributed by atoms with Gasteiger partial charge in [0.05, 0.1) is 6.33 Å². The first kappa shape index (κ1) is 33.4. The first-order chi connectivity index (χ1) is 22.5. The lowest BCUT2D eigenvalue weighted by atomic mass is 9.96. The van der Waals surface area contributed by atoms with E-state index in [1.807, 2.05) is 24.3 Å². The summed E-state index contributed by atoms with van der Waals surface area (Å²) in [6.45, 7) is 2.14. The number of benzene rings is 5. The van der Waals surface area contributed by atoms with E-state index in [2.05, 4.69) is 11.7 Å². The van der Waals surface area contributed by atoms with E-state index in [1.165, 1.54) is 23.8 Å². The first-order valence-corrected chi connectivity index (χ1v) is 14.8. The van der Waals surface area contributed by atoms with Gasteiger partial charge in [0.1, 0.15) is 40.4 Å². The summed E-state index contributed by atoms with van der Waals surface area (Å²) in [6, 6.07) is 19.2. The zero-order valence-corrected chi connectivity index (χ0v) is 25.1. The molecule has 0 aliphatic heterocycles. The van der Waals surface area contributed by atoms with E-state index in [0.717, 1.165) is 61.6 Å². The van der Waals surface area contributed by atoms with E-state index >= 15 is 8.78 Å². The van der Waals surface area contributed by atoms with Crippen LogP contribution in [0.5, 0.6) is 5.75 Å². The molecule has 9 heteroatoms. The highest BCUT2D eigenvalue weighted by Gasteiger charge is 2.41. The van der Waals surface area contributed by atoms with E-state index in [4.69, 9.17) is 0 Å². The Bertz CT molecular complexity index is 1890. The van der Waals surface area contributed by atoms with Gasteiger partial charge in [0.25, 0.3) is 0 Å². The zero-order valence-electron chi connectivity index (χ0n) is 25.1. The smallest absolute Gasteiger partial charge is 0.429 e. The lowest BCUT2D eigenvalue weighted by molar-refractivity contribution is -0.189. The third kappa shape index (κ3) is 7.56. The fraction of sp³-hybridized carbons (Fsp3) is 0.158. The van der Waals surface area contributed by atoms with E-state index < -0.39 is 52.1 Å². The Morgan fingerprint density at radius 2 is 1.17 bits per heavy atom. The predicted molar refractivity (Wildman–Crippen MR) is 167 cm³/mol. The molecule has 1 nitrogen and oxygen atoms in total. The van der Waals surface area contributed by atoms with Crippen molar-refractivity contribution in [1.29, 1.82) is 0 Å². The van der Waals surface area contributed by atoms with Crippen molar-refractivity contribution in [3.8, 4) is 39.1 Å². The second-order valence-electron chi connectivity index (χ2n) is 11.0. The van der Waals surface area contributed by atoms with E-state index in [-0.39, 0.29) is 28.6 Å². The average molecular weight is 653 g/mol. The fourth-order valence-electron chi connectivity index (χ4n) is 5.27. The SMILES string of the molecule is CCCCCc1ccc(-c2ccc(-c3ccc(-c4cc(F)c(C(F)(F)Oc5ccc(/C=C/F)c(F)c5)c(F)c4)c(F)c3)c(F)c2)cc1. The largest absolute Gasteiger partial charge is 0.432 e. The number of alkyl halides is 2. The van der Waals surface area contributed by atoms with Crippen LogP contribution < -0.4 is 4.74 Å². The van der Waals surface area contributed by atoms with Crippen LogP contribution in [-0.4, -0.2) is 0 Å². The van der Waals surface area contributed by atoms with Gasteiger partial charge < -0.3 is 4.74 Å². The van der Waals surface area contributed by atoms with Crippen LogP contribution >= 0.6 is 0 Å². The Morgan fingerprint density at radius 3 is 1.77 bits per heavy atom. The predicted octanol–water partition coefficient (Wildman–Crippen LogP) is 12.2. The number of unbranched alkanes of at least 4 members (excludes halogenated alkanes) is 2. The molecule has 0 aliphatic rings. The monoisotopic (exact) mass is 652 g/mol. The van der Waals surface area contributed by atoms with Crippen LogP contribution in [0.1, 0.15) is 42.9 Å². The number of hydrogen-bond acceptors (Lipinski definition) is 1. The summed E-state index contributed by atoms with van der Waals surface area (Å²) in [7, 11) is 0. The molecule has 0 saturated heterocycles. The van der Waals surface area contributed by atoms with Gasteiger partial charge in [-0.2, -0.15) is 8.78 Å². The van der Waals surface area contributed by atoms with Crippen LogP contribution in [0.4, 0.5) is 35.1 Å². The molecule has 5 rings (SSSR count). The van der Waals surface area contributed by atoms with Crippen molar-refractivity contribution in [3.63, 3.8) is 0 Å². The third-order valence-corrected chi connectivity index (χ3v) is 7.71. The van der Waals surface area contributed by atoms with Crippen molar-refractivity contribution in [1.82, 2.24) is 0 Å². The normalized spacial score (nSPS) is 11.8. The Labute approximate surface area is 266 Å². The van der Waals surface area contributed by atoms with Crippen molar-refractivity contribution in [2.75, 3.05) is 0 Å². The van der Waals surface area contributed by atoms with Gasteiger partial charge in [-0.1, -0.05) is 68.3 Å². The standard InChI is InChI=1S/C38H28F8O/c1-2-3-4-5-23-6-8-24(9-7-23)26-11-14-30(33(41)18-26)27-12-15-31(34(42)19-27)28-20-35(43)37(36(44)21-28)38(45,46)47-29-13-10-25(16-17-39)32(40)22-29/h6-22H,2-5H2,1H3/b17-16+. The van der Waals surface area contributed by atoms with Crippen molar-refractivity contribution in [2.24, 2.45) is 0 Å². The van der Waals surface area contributed by atoms with Crippen molar-refractivity contribution < 1.29 is 39.9 Å². The van der Waals surface area contributed by atoms with Gasteiger partial charge in [-0.25, -0.2) is 26.3 Å². The Balaban J connectivity index is 1.36. The molecule has 0 atom stereocenters. The topological polar surface area (TPSA) is 9.23 Å². The molecule has 0 bridgehead atoms. The third-order valence-electron chi connectivity index (χ3n) is 7.71. The van der Waals surface area contributed by atoms with Gasteiger partial charge in [0.2, 0.25) is 0 Å². The second-order valence-corrected chi connectivity index (χ2v) is 11.0. The van der Waals surface area contributed by atoms with Crippen LogP contribution in [-0.2, 0) is 12.5 Å². The number of halogens is 8. The molecule has 0 radical (unpaired) electrons. The number of rotatable bonds is 11. The molecule has 5 aromatic rings. The number of aryl methyl sites for hydroxylation is 1. The minimum Gasteiger partial charge on any atom is -0.429 e. The highest BCUT2D eigenvalue weighted by atomic mass is 19.3. The van der Waals surface area contributed by atoms with E-state index in [0.29, 0.717) is 23.8 Å². The van der Waals surface area contributed by atoms with Crippen LogP contribution in [0.25, 0.3) is 39.5 Å². The first-order valence-electron chi connectivity index (χ1n) is 14.8. The molecule has 0 fully saturated rings. The second kappa shape index (κ2) is 14.2. The summed E-state index contributed by atoms with van der Waals surface area (Å²) >= 11 is 0. The summed E-state index contributed by atoms with van der Waals surface area (Å²) < 4.78 is 121. The Hall–Kier alpha value is -4.92. The maximum absolute atomic E-state index is 15.3. The summed E-state index contributed by atoms with van der Waals surface area (Å²) in [6.07, 6.45) is 0.519. The summed E-state index contributed by atoms with van der Waals surface area (Å²) in [5.41, 5.74) is 0.115. The van der Waals surface area contributed by atoms with Crippen LogP contribution in [0.2, 0.25) is 0 Å². The van der Waals surface area contributed by atoms with Crippen molar-refractivity contribution >= 4 is 6.08 Å². The van der Waals surface area contributed by atoms with Gasteiger partial charge in [-0.3, -0.25) is 0 Å². The Kier molecular flexibility index (Phi) is 10.1. The maximum atomic E-state index is 15.3. The quantitative estimate of drug-likeness (QED) is 0.102. The molecule has 0 spiro atoms. The highest BCUT2D eigenvalue weighted by Crippen LogP contribution is 2.38. The summed E-state index contributed by atoms with van der Waals surface area (Å²) in [5.74, 6) is -6.97. The van der Waals surface area contributed by atoms with E-state index in [9.17, 15) is 26.3 Å². The number of hydrogen-bond donors (Lipinski definition) is 0. The summed E-state index contributed by atoms with van der Waals surface area (Å²) in [4.78, 5) is 0. The molecular formula is C38H28F8O. The zero-order chi connectivity index (χ0) is 33.7. The molecule has 0 unspecified atom stereocenters. The minimum atomic E-state index is -4.60. The lowest BCUT2D eigenvalue weighted by Crippen LogP contribution is -2.25. The molecular weight excluding hydrogens is 624 g/mol. The minimum absolute atomic E-state index is 0.0429. The highest BCUT2D eigenvalue weighted by molar-refractivity contribution is 5.74. The molecule has 0 saturated carbocycles. The van der Waals surface area contributed by atoms with Gasteiger partial charge >= 0.3 is 6.11 Å². The van der Waals surface area contributed by atoms with Crippen LogP contribution in [0, 0.1) is 29.1 Å². The molecule has 0 heterocycles. The Morgan fingerprint density at radius 1 is 0.596 bits per heavy atom. The summed E-state index contributed by atoms with van der Waals surface area (Å²) in [5, 5.41) is 0. The molecule has 242 valence electrons.